The zero-order valence-corrected chi connectivity index (χ0v) is 71.3. The van der Waals surface area contributed by atoms with Crippen molar-refractivity contribution in [3.8, 4) is 0 Å². The van der Waals surface area contributed by atoms with Crippen molar-refractivity contribution in [3.63, 3.8) is 0 Å². The van der Waals surface area contributed by atoms with Gasteiger partial charge in [0.25, 0.3) is 32.1 Å². The molecule has 9 rings (SSSR count). The molecule has 0 spiro atoms. The molecule has 0 saturated carbocycles. The maximum atomic E-state index is 12.4. The van der Waals surface area contributed by atoms with Crippen molar-refractivity contribution in [2.24, 2.45) is 5.73 Å². The Bertz CT molecular complexity index is 5010. The van der Waals surface area contributed by atoms with Crippen LogP contribution in [-0.4, -0.2) is 211 Å². The van der Waals surface area contributed by atoms with Crippen LogP contribution in [-0.2, 0) is 118 Å². The third-order valence-electron chi connectivity index (χ3n) is 21.1. The first-order chi connectivity index (χ1) is 55.3. The smallest absolute Gasteiger partial charge is 0.335 e. The fourth-order valence-corrected chi connectivity index (χ4v) is 16.9. The molecule has 0 bridgehead atoms. The molecule has 9 N–H and O–H groups in total. The van der Waals surface area contributed by atoms with E-state index in [1.165, 1.54) is 24.3 Å². The highest BCUT2D eigenvalue weighted by atomic mass is 32.2. The van der Waals surface area contributed by atoms with Crippen LogP contribution < -0.4 is 20.9 Å². The van der Waals surface area contributed by atoms with Crippen LogP contribution in [0.25, 0.3) is 0 Å². The summed E-state index contributed by atoms with van der Waals surface area (Å²) < 4.78 is 151. The molecule has 3 amide bonds. The van der Waals surface area contributed by atoms with Crippen molar-refractivity contribution >= 4 is 110 Å². The summed E-state index contributed by atoms with van der Waals surface area (Å²) in [4.78, 5) is 76.2. The number of fused-ring (bicyclic) bond motifs is 4. The molecule has 0 aliphatic carbocycles. The number of hydrogen-bond acceptors (Lipinski definition) is 24. The number of amides is 3. The Hall–Kier alpha value is -8.76. The molecule has 4 aromatic carbocycles. The number of nitrogens with two attached hydrogens (primary N) is 1. The lowest BCUT2D eigenvalue weighted by atomic mass is 9.81. The van der Waals surface area contributed by atoms with E-state index in [0.717, 1.165) is 73.4 Å². The lowest BCUT2D eigenvalue weighted by Gasteiger charge is -2.27. The lowest BCUT2D eigenvalue weighted by molar-refractivity contribution is -0.438. The van der Waals surface area contributed by atoms with Crippen LogP contribution in [0.15, 0.2) is 130 Å². The second kappa shape index (κ2) is 42.0. The number of nitrogens with zero attached hydrogens (tertiary/aromatic N) is 5. The van der Waals surface area contributed by atoms with E-state index < -0.39 is 103 Å². The zero-order chi connectivity index (χ0) is 87.4. The SMILES string of the molecule is CC1(C)C(=CC=CC2=[N+](CCCCCC(=O)O)c3ccc(S(=O)(=O)O)cc3C2(C)C)N(CCCS(=O)(=O)[O-])c2ccc(CN)cc21.CC1(C)C(=CC=CC2=[N+](CCCCCC(=O)O)c3ccc(S(=O)(=O)O)cc3C2(C)C)N(CCCS(=O)(=O)[O-])c2ccc(CNC(=O)CCOCCCO)cc21.O=C(CCOCCCO)ON1C(=O)CCC1=O. The number of hydrogen-bond donors (Lipinski definition) is 8. The van der Waals surface area contributed by atoms with Crippen molar-refractivity contribution in [1.82, 2.24) is 10.4 Å². The highest BCUT2D eigenvalue weighted by Crippen LogP contribution is 2.51. The molecule has 0 radical (unpaired) electrons. The molecule has 1 saturated heterocycles. The molecule has 4 aromatic rings. The second-order valence-corrected chi connectivity index (χ2v) is 37.1. The predicted octanol–water partition coefficient (Wildman–Crippen LogP) is 8.50. The van der Waals surface area contributed by atoms with Crippen LogP contribution in [0.3, 0.4) is 0 Å². The molecule has 5 aliphatic rings. The van der Waals surface area contributed by atoms with E-state index in [-0.39, 0.29) is 107 Å². The monoisotopic (exact) mass is 1720 g/mol. The third kappa shape index (κ3) is 26.1. The van der Waals surface area contributed by atoms with Crippen molar-refractivity contribution in [2.45, 2.75) is 203 Å². The fourth-order valence-electron chi connectivity index (χ4n) is 14.9. The van der Waals surface area contributed by atoms with Gasteiger partial charge in [-0.25, -0.2) is 21.6 Å². The molecule has 648 valence electrons. The standard InChI is InChI=1S/C39H53N3O11S2.C33H43N3O8S2.C10H15NO6/c1-38(2)30-25-28(27-40-36(44)18-23-53-22-10-21-43)14-16-32(30)42(20-9-24-54(47,48)49)34(38)11-8-12-35-39(3,4)31-26-29(55(50,51)52)15-17-33(31)41(35)19-7-5-6-13-37(45)46;1-32(2)25-20-23(22-34)13-15-27(25)36(18-9-19-45(39,40)41)29(32)10-8-11-30-33(3,4)26-21-24(46(42,43)44)14-16-28(26)35(30)17-7-5-6-12-31(37)38;12-5-1-6-16-7-4-10(15)17-11-8(13)2-3-9(11)14/h8,11-12,14-17,25-26,43H,5-7,9-10,13,18-24,27H2,1-4H3,(H3-,40,44,45,46,47,48,49,50,51,52);8,10-11,13-16,20-21H,5-7,9,12,17-19,22,34H2,1-4H3,(H2-,37,38,39,40,41,42,43,44);12H,1-7H2. The Morgan fingerprint density at radius 2 is 0.932 bits per heavy atom. The number of aliphatic carboxylic acids is 2. The summed E-state index contributed by atoms with van der Waals surface area (Å²) in [5.74, 6) is -4.54. The van der Waals surface area contributed by atoms with Crippen LogP contribution in [0.2, 0.25) is 0 Å². The minimum atomic E-state index is -4.46. The van der Waals surface area contributed by atoms with Crippen molar-refractivity contribution in [3.05, 3.63) is 154 Å². The number of unbranched alkanes of at least 4 members (excludes halogenated alkanes) is 4. The second-order valence-electron chi connectivity index (χ2n) is 31.3. The zero-order valence-electron chi connectivity index (χ0n) is 68.0. The van der Waals surface area contributed by atoms with Crippen molar-refractivity contribution in [1.29, 1.82) is 0 Å². The number of ether oxygens (including phenoxy) is 2. The van der Waals surface area contributed by atoms with E-state index in [1.54, 1.807) is 12.1 Å². The molecule has 0 aromatic heterocycles. The average molecular weight is 1720 g/mol. The summed E-state index contributed by atoms with van der Waals surface area (Å²) in [5, 5.41) is 38.9. The van der Waals surface area contributed by atoms with Gasteiger partial charge in [0.15, 0.2) is 11.4 Å². The molecule has 5 heterocycles. The minimum absolute atomic E-state index is 0.0236. The van der Waals surface area contributed by atoms with Crippen LogP contribution in [0, 0.1) is 0 Å². The summed E-state index contributed by atoms with van der Waals surface area (Å²) in [6.07, 6.45) is 17.2. The average Bonchev–Trinajstić information content (AvgIpc) is 1.59. The molecule has 0 unspecified atom stereocenters. The van der Waals surface area contributed by atoms with Gasteiger partial charge in [-0.15, -0.1) is 5.06 Å². The van der Waals surface area contributed by atoms with E-state index in [2.05, 4.69) is 39.2 Å². The number of aliphatic hydroxyl groups is 2. The Kier molecular flexibility index (Phi) is 34.3. The lowest BCUT2D eigenvalue weighted by Crippen LogP contribution is -2.32. The summed E-state index contributed by atoms with van der Waals surface area (Å²) >= 11 is 0. The summed E-state index contributed by atoms with van der Waals surface area (Å²) in [7, 11) is -17.7. The molecular weight excluding hydrogens is 1610 g/mol. The number of aliphatic hydroxyl groups excluding tert-OH is 2. The maximum Gasteiger partial charge on any atom is 0.335 e. The molecule has 118 heavy (non-hydrogen) atoms. The summed E-state index contributed by atoms with van der Waals surface area (Å²) in [6.45, 7) is 19.7. The van der Waals surface area contributed by atoms with E-state index in [4.69, 9.17) is 35.6 Å². The highest BCUT2D eigenvalue weighted by Gasteiger charge is 2.48. The van der Waals surface area contributed by atoms with E-state index >= 15 is 0 Å². The Morgan fingerprint density at radius 1 is 0.517 bits per heavy atom. The summed E-state index contributed by atoms with van der Waals surface area (Å²) in [6, 6.07) is 20.9. The van der Waals surface area contributed by atoms with Gasteiger partial charge < -0.3 is 64.7 Å². The highest BCUT2D eigenvalue weighted by molar-refractivity contribution is 7.86. The van der Waals surface area contributed by atoms with Crippen LogP contribution in [0.4, 0.5) is 22.7 Å². The van der Waals surface area contributed by atoms with Gasteiger partial charge in [-0.1, -0.05) is 64.1 Å². The van der Waals surface area contributed by atoms with Gasteiger partial charge in [-0.2, -0.15) is 26.0 Å². The number of anilines is 2. The van der Waals surface area contributed by atoms with Gasteiger partial charge in [-0.05, 0) is 150 Å². The number of imide groups is 1. The number of carbonyl (C=O) groups is 6. The van der Waals surface area contributed by atoms with E-state index in [9.17, 15) is 80.6 Å². The first kappa shape index (κ1) is 96.4. The quantitative estimate of drug-likeness (QED) is 0.00891. The Labute approximate surface area is 690 Å². The fraction of sp³-hybridized carbons (Fsp3) is 0.512. The van der Waals surface area contributed by atoms with Gasteiger partial charge in [0.2, 0.25) is 17.3 Å². The number of carboxylic acids is 2. The minimum Gasteiger partial charge on any atom is -0.748 e. The normalized spacial score (nSPS) is 17.2. The number of nitrogens with one attached hydrogen (secondary N) is 1. The molecule has 36 heteroatoms. The number of carbonyl (C=O) groups excluding carboxylic acids is 4. The number of allylic oxidation sites excluding steroid dienone is 8. The molecule has 0 atom stereocenters. The van der Waals surface area contributed by atoms with Crippen molar-refractivity contribution < 1.29 is 125 Å². The first-order valence-electron chi connectivity index (χ1n) is 39.1. The van der Waals surface area contributed by atoms with E-state index in [1.807, 2.05) is 118 Å². The molecule has 5 aliphatic heterocycles. The van der Waals surface area contributed by atoms with Crippen LogP contribution in [0.5, 0.6) is 0 Å². The largest absolute Gasteiger partial charge is 0.748 e. The topological polar surface area (TPSA) is 488 Å². The predicted molar refractivity (Wildman–Crippen MR) is 438 cm³/mol. The maximum absolute atomic E-state index is 12.4. The first-order valence-corrected chi connectivity index (χ1v) is 45.2. The van der Waals surface area contributed by atoms with Crippen molar-refractivity contribution in [2.75, 3.05) is 87.1 Å². The molecule has 1 fully saturated rings. The van der Waals surface area contributed by atoms with Crippen LogP contribution in [0.1, 0.15) is 192 Å². The van der Waals surface area contributed by atoms with Gasteiger partial charge in [0, 0.05) is 178 Å². The van der Waals surface area contributed by atoms with Crippen LogP contribution >= 0.6 is 0 Å². The Balaban J connectivity index is 0.000000274. The number of benzene rings is 4. The van der Waals surface area contributed by atoms with E-state index in [0.29, 0.717) is 101 Å². The number of carboxylic acid groups (broad SMARTS) is 2. The van der Waals surface area contributed by atoms with Gasteiger partial charge >= 0.3 is 17.9 Å². The molecular formula is C82H111N7O25S4. The van der Waals surface area contributed by atoms with Gasteiger partial charge in [-0.3, -0.25) is 33.1 Å². The number of rotatable bonds is 42. The van der Waals surface area contributed by atoms with Gasteiger partial charge in [0.1, 0.15) is 13.1 Å². The Morgan fingerprint density at radius 3 is 1.33 bits per heavy atom. The summed E-state index contributed by atoms with van der Waals surface area (Å²) in [5.41, 5.74) is 15.7. The third-order valence-corrected chi connectivity index (χ3v) is 24.4. The van der Waals surface area contributed by atoms with Gasteiger partial charge in [0.05, 0.1) is 60.5 Å². The number of hydroxylamine groups is 2. The molecule has 32 nitrogen and oxygen atoms in total.